The first-order valence-corrected chi connectivity index (χ1v) is 30.5. The van der Waals surface area contributed by atoms with Gasteiger partial charge >= 0.3 is 0 Å². The summed E-state index contributed by atoms with van der Waals surface area (Å²) < 4.78 is 0. The second-order valence-corrected chi connectivity index (χ2v) is 22.5. The van der Waals surface area contributed by atoms with Crippen LogP contribution in [-0.4, -0.2) is 0 Å². The minimum Gasteiger partial charge on any atom is -0.311 e. The largest absolute Gasteiger partial charge is 0.311 e. The molecule has 14 aromatic rings. The first-order chi connectivity index (χ1) is 44.2. The van der Waals surface area contributed by atoms with Gasteiger partial charge in [-0.05, 0) is 201 Å². The van der Waals surface area contributed by atoms with Gasteiger partial charge in [0.05, 0.1) is 5.41 Å². The van der Waals surface area contributed by atoms with E-state index in [4.69, 9.17) is 0 Å². The summed E-state index contributed by atoms with van der Waals surface area (Å²) in [5.74, 6) is 0. The van der Waals surface area contributed by atoms with Crippen molar-refractivity contribution in [3.8, 4) is 33.4 Å². The predicted octanol–water partition coefficient (Wildman–Crippen LogP) is 23.3. The highest BCUT2D eigenvalue weighted by Gasteiger charge is 2.47. The van der Waals surface area contributed by atoms with Crippen LogP contribution in [0, 0.1) is 0 Å². The number of hydrogen-bond donors (Lipinski definition) is 0. The lowest BCUT2D eigenvalue weighted by atomic mass is 9.67. The fourth-order valence-corrected chi connectivity index (χ4v) is 13.2. The van der Waals surface area contributed by atoms with E-state index in [0.29, 0.717) is 0 Å². The van der Waals surface area contributed by atoms with Gasteiger partial charge in [-0.25, -0.2) is 0 Å². The number of rotatable bonds is 16. The van der Waals surface area contributed by atoms with E-state index in [2.05, 4.69) is 396 Å². The van der Waals surface area contributed by atoms with Gasteiger partial charge in [0.2, 0.25) is 0 Å². The lowest BCUT2D eigenvalue weighted by Crippen LogP contribution is -2.29. The van der Waals surface area contributed by atoms with Crippen molar-refractivity contribution < 1.29 is 0 Å². The molecule has 422 valence electrons. The number of para-hydroxylation sites is 6. The molecule has 0 heterocycles. The Morgan fingerprint density at radius 3 is 0.596 bits per heavy atom. The summed E-state index contributed by atoms with van der Waals surface area (Å²) in [7, 11) is 0. The summed E-state index contributed by atoms with van der Waals surface area (Å²) in [6, 6.07) is 137. The van der Waals surface area contributed by atoms with Gasteiger partial charge in [0.25, 0.3) is 0 Å². The summed E-state index contributed by atoms with van der Waals surface area (Å²) >= 11 is 0. The van der Waals surface area contributed by atoms with Crippen molar-refractivity contribution in [3.63, 3.8) is 0 Å². The van der Waals surface area contributed by atoms with Crippen LogP contribution in [0.15, 0.2) is 376 Å². The van der Waals surface area contributed by atoms with E-state index in [9.17, 15) is 0 Å². The summed E-state index contributed by atoms with van der Waals surface area (Å²) in [5, 5.41) is 0. The average molecular weight is 1140 g/mol. The first-order valence-electron chi connectivity index (χ1n) is 30.5. The Morgan fingerprint density at radius 2 is 0.348 bits per heavy atom. The second-order valence-electron chi connectivity index (χ2n) is 22.5. The molecule has 4 heteroatoms. The zero-order valence-corrected chi connectivity index (χ0v) is 49.1. The molecule has 1 aliphatic rings. The maximum absolute atomic E-state index is 2.48. The number of hydrogen-bond acceptors (Lipinski definition) is 4. The number of nitrogens with zero attached hydrogens (tertiary/aromatic N) is 4. The fraction of sp³-hybridized carbons (Fsp3) is 0.0118. The molecule has 14 aromatic carbocycles. The van der Waals surface area contributed by atoms with Gasteiger partial charge in [0.15, 0.2) is 0 Å². The molecule has 0 atom stereocenters. The minimum atomic E-state index is -0.808. The van der Waals surface area contributed by atoms with Crippen LogP contribution < -0.4 is 19.6 Å². The van der Waals surface area contributed by atoms with E-state index in [1.165, 1.54) is 55.6 Å². The maximum Gasteiger partial charge on any atom is 0.0715 e. The van der Waals surface area contributed by atoms with Crippen LogP contribution in [0.25, 0.3) is 33.4 Å². The first kappa shape index (κ1) is 54.0. The molecule has 0 spiro atoms. The third-order valence-electron chi connectivity index (χ3n) is 17.3. The molecule has 0 saturated carbocycles. The highest BCUT2D eigenvalue weighted by atomic mass is 15.2. The standard InChI is InChI=1S/C85H62N4/c1-9-25-63(26-10-1)65-41-45-67(46-42-65)85(68-47-43-66(44-48-68)64-27-11-2-12-28-64)83-61-79(88(73-37-21-7-22-38-73)77-53-49-75(50-54-77)86(69-29-13-3-14-30-69)70-31-15-4-16-32-70)57-59-81(83)82-60-58-80(62-84(82)85)89(74-39-23-8-24-40-74)78-55-51-76(52-56-78)87(71-33-17-5-18-34-71)72-35-19-6-20-36-72/h1-62H. The molecule has 0 radical (unpaired) electrons. The third-order valence-corrected chi connectivity index (χ3v) is 17.3. The van der Waals surface area contributed by atoms with Gasteiger partial charge in [-0.2, -0.15) is 0 Å². The highest BCUT2D eigenvalue weighted by Crippen LogP contribution is 2.59. The molecule has 0 fully saturated rings. The van der Waals surface area contributed by atoms with Crippen LogP contribution in [0.2, 0.25) is 0 Å². The molecule has 89 heavy (non-hydrogen) atoms. The maximum atomic E-state index is 2.48. The van der Waals surface area contributed by atoms with Crippen molar-refractivity contribution in [2.45, 2.75) is 5.41 Å². The molecule has 4 nitrogen and oxygen atoms in total. The molecular formula is C85H62N4. The van der Waals surface area contributed by atoms with Crippen molar-refractivity contribution in [1.82, 2.24) is 0 Å². The van der Waals surface area contributed by atoms with E-state index in [1.807, 2.05) is 0 Å². The summed E-state index contributed by atoms with van der Waals surface area (Å²) in [6.07, 6.45) is 0. The quantitative estimate of drug-likeness (QED) is 0.0956. The van der Waals surface area contributed by atoms with Crippen molar-refractivity contribution in [2.24, 2.45) is 0 Å². The molecule has 15 rings (SSSR count). The molecule has 0 aliphatic heterocycles. The van der Waals surface area contributed by atoms with Crippen LogP contribution in [0.3, 0.4) is 0 Å². The van der Waals surface area contributed by atoms with Gasteiger partial charge < -0.3 is 19.6 Å². The van der Waals surface area contributed by atoms with Crippen LogP contribution in [0.4, 0.5) is 68.2 Å². The van der Waals surface area contributed by atoms with E-state index < -0.39 is 5.41 Å². The van der Waals surface area contributed by atoms with Gasteiger partial charge in [-0.3, -0.25) is 0 Å². The molecular weight excluding hydrogens is 1080 g/mol. The van der Waals surface area contributed by atoms with E-state index in [0.717, 1.165) is 68.2 Å². The normalized spacial score (nSPS) is 11.9. The smallest absolute Gasteiger partial charge is 0.0715 e. The number of anilines is 12. The van der Waals surface area contributed by atoms with E-state index in [1.54, 1.807) is 0 Å². The van der Waals surface area contributed by atoms with Crippen molar-refractivity contribution in [1.29, 1.82) is 0 Å². The third kappa shape index (κ3) is 10.3. The van der Waals surface area contributed by atoms with Gasteiger partial charge in [0, 0.05) is 68.2 Å². The Kier molecular flexibility index (Phi) is 14.5. The van der Waals surface area contributed by atoms with Crippen LogP contribution >= 0.6 is 0 Å². The molecule has 0 bridgehead atoms. The Labute approximate surface area is 522 Å². The van der Waals surface area contributed by atoms with Crippen LogP contribution in [-0.2, 0) is 5.41 Å². The molecule has 0 unspecified atom stereocenters. The summed E-state index contributed by atoms with van der Waals surface area (Å²) in [5.41, 5.74) is 23.8. The molecule has 0 amide bonds. The Bertz CT molecular complexity index is 4260. The number of benzene rings is 14. The molecule has 1 aliphatic carbocycles. The lowest BCUT2D eigenvalue weighted by molar-refractivity contribution is 0.768. The fourth-order valence-electron chi connectivity index (χ4n) is 13.2. The monoisotopic (exact) mass is 1140 g/mol. The molecule has 0 aromatic heterocycles. The van der Waals surface area contributed by atoms with Crippen molar-refractivity contribution in [3.05, 3.63) is 398 Å². The van der Waals surface area contributed by atoms with Crippen LogP contribution in [0.1, 0.15) is 22.3 Å². The average Bonchev–Trinajstić information content (AvgIpc) is 1.56. The zero-order chi connectivity index (χ0) is 59.4. The molecule has 0 saturated heterocycles. The van der Waals surface area contributed by atoms with E-state index in [-0.39, 0.29) is 0 Å². The van der Waals surface area contributed by atoms with Crippen molar-refractivity contribution in [2.75, 3.05) is 19.6 Å². The van der Waals surface area contributed by atoms with Crippen molar-refractivity contribution >= 4 is 68.2 Å². The lowest BCUT2D eigenvalue weighted by Gasteiger charge is -2.36. The van der Waals surface area contributed by atoms with Gasteiger partial charge in [0.1, 0.15) is 0 Å². The summed E-state index contributed by atoms with van der Waals surface area (Å²) in [4.78, 5) is 9.45. The van der Waals surface area contributed by atoms with E-state index >= 15 is 0 Å². The predicted molar refractivity (Wildman–Crippen MR) is 373 cm³/mol. The SMILES string of the molecule is c1ccc(-c2ccc(C3(c4ccc(-c5ccccc5)cc4)c4cc(N(c5ccccc5)c5ccc(N(c6ccccc6)c6ccccc6)cc5)ccc4-c4ccc(N(c5ccccc5)c5ccc(N(c6ccccc6)c6ccccc6)cc5)cc43)cc2)cc1. The Morgan fingerprint density at radius 1 is 0.157 bits per heavy atom. The van der Waals surface area contributed by atoms with Crippen LogP contribution in [0.5, 0.6) is 0 Å². The molecule has 0 N–H and O–H groups in total. The Hall–Kier alpha value is -11.7. The summed E-state index contributed by atoms with van der Waals surface area (Å²) in [6.45, 7) is 0. The number of fused-ring (bicyclic) bond motifs is 3. The second kappa shape index (κ2) is 24.0. The Balaban J connectivity index is 0.931. The van der Waals surface area contributed by atoms with Gasteiger partial charge in [-0.1, -0.05) is 231 Å². The topological polar surface area (TPSA) is 13.0 Å². The van der Waals surface area contributed by atoms with Gasteiger partial charge in [-0.15, -0.1) is 0 Å². The highest BCUT2D eigenvalue weighted by molar-refractivity contribution is 5.93. The zero-order valence-electron chi connectivity index (χ0n) is 49.1. The minimum absolute atomic E-state index is 0.808.